The maximum absolute atomic E-state index is 11.6. The van der Waals surface area contributed by atoms with Crippen LogP contribution >= 0.6 is 0 Å². The first-order valence-corrected chi connectivity index (χ1v) is 4.83. The monoisotopic (exact) mass is 223 g/mol. The molecule has 0 heterocycles. The van der Waals surface area contributed by atoms with E-state index >= 15 is 0 Å². The van der Waals surface area contributed by atoms with Gasteiger partial charge in [-0.3, -0.25) is 4.79 Å². The van der Waals surface area contributed by atoms with Gasteiger partial charge in [0.25, 0.3) is 5.91 Å². The van der Waals surface area contributed by atoms with E-state index in [2.05, 4.69) is 5.32 Å². The summed E-state index contributed by atoms with van der Waals surface area (Å²) in [5.74, 6) is -2.09. The van der Waals surface area contributed by atoms with Gasteiger partial charge in [-0.15, -0.1) is 0 Å². The topological polar surface area (TPSA) is 86.6 Å². The fourth-order valence-corrected chi connectivity index (χ4v) is 1.14. The minimum Gasteiger partial charge on any atom is -0.478 e. The van der Waals surface area contributed by atoms with Crippen molar-refractivity contribution >= 4 is 11.9 Å². The summed E-state index contributed by atoms with van der Waals surface area (Å²) in [6, 6.07) is 8.11. The molecule has 0 bridgehead atoms. The van der Waals surface area contributed by atoms with Crippen LogP contribution in [0.4, 0.5) is 0 Å². The molecule has 0 saturated heterocycles. The molecule has 5 nitrogen and oxygen atoms in total. The average Bonchev–Trinajstić information content (AvgIpc) is 2.29. The quantitative estimate of drug-likeness (QED) is 0.652. The average molecular weight is 223 g/mol. The molecule has 86 valence electrons. The van der Waals surface area contributed by atoms with Gasteiger partial charge in [-0.25, -0.2) is 4.79 Å². The van der Waals surface area contributed by atoms with Gasteiger partial charge < -0.3 is 15.5 Å². The molecule has 1 unspecified atom stereocenters. The number of benzene rings is 1. The Morgan fingerprint density at radius 3 is 2.31 bits per heavy atom. The van der Waals surface area contributed by atoms with Gasteiger partial charge in [-0.2, -0.15) is 0 Å². The zero-order chi connectivity index (χ0) is 12.2. The van der Waals surface area contributed by atoms with Crippen LogP contribution in [-0.2, 0) is 4.79 Å². The van der Waals surface area contributed by atoms with Gasteiger partial charge in [0.1, 0.15) is 0 Å². The predicted molar refractivity (Wildman–Crippen MR) is 56.8 cm³/mol. The highest BCUT2D eigenvalue weighted by atomic mass is 16.4. The van der Waals surface area contributed by atoms with E-state index in [1.165, 1.54) is 19.1 Å². The van der Waals surface area contributed by atoms with Crippen molar-refractivity contribution in [3.05, 3.63) is 35.9 Å². The van der Waals surface area contributed by atoms with Crippen LogP contribution in [0.5, 0.6) is 0 Å². The molecule has 0 fully saturated rings. The number of rotatable bonds is 4. The number of hydrogen-bond donors (Lipinski definition) is 3. The van der Waals surface area contributed by atoms with Gasteiger partial charge in [0.15, 0.2) is 0 Å². The van der Waals surface area contributed by atoms with Crippen molar-refractivity contribution in [1.29, 1.82) is 0 Å². The third-order valence-corrected chi connectivity index (χ3v) is 2.22. The Morgan fingerprint density at radius 2 is 1.88 bits per heavy atom. The zero-order valence-electron chi connectivity index (χ0n) is 8.80. The van der Waals surface area contributed by atoms with Crippen LogP contribution in [0.3, 0.4) is 0 Å². The molecule has 0 aliphatic rings. The lowest BCUT2D eigenvalue weighted by Gasteiger charge is -2.22. The lowest BCUT2D eigenvalue weighted by molar-refractivity contribution is -0.161. The molecule has 0 spiro atoms. The number of carbonyl (C=O) groups is 2. The molecule has 0 saturated carbocycles. The van der Waals surface area contributed by atoms with Crippen molar-refractivity contribution in [2.75, 3.05) is 0 Å². The Balaban J connectivity index is 2.82. The highest BCUT2D eigenvalue weighted by Crippen LogP contribution is 2.08. The van der Waals surface area contributed by atoms with Gasteiger partial charge in [-0.05, 0) is 12.1 Å². The van der Waals surface area contributed by atoms with Crippen LogP contribution < -0.4 is 5.32 Å². The van der Waals surface area contributed by atoms with Crippen LogP contribution in [-0.4, -0.2) is 27.8 Å². The van der Waals surface area contributed by atoms with E-state index in [9.17, 15) is 14.7 Å². The van der Waals surface area contributed by atoms with Crippen LogP contribution in [0.15, 0.2) is 30.3 Å². The fourth-order valence-electron chi connectivity index (χ4n) is 1.14. The number of hydrogen-bond acceptors (Lipinski definition) is 3. The van der Waals surface area contributed by atoms with Crippen LogP contribution in [0.2, 0.25) is 0 Å². The largest absolute Gasteiger partial charge is 0.478 e. The molecule has 1 amide bonds. The number of aliphatic hydroxyl groups is 1. The minimum absolute atomic E-state index is 0.110. The molecule has 1 rings (SSSR count). The Hall–Kier alpha value is -1.88. The molecular weight excluding hydrogens is 210 g/mol. The number of nitrogens with one attached hydrogen (secondary N) is 1. The third kappa shape index (κ3) is 2.58. The Morgan fingerprint density at radius 1 is 1.31 bits per heavy atom. The molecule has 1 atom stereocenters. The molecule has 16 heavy (non-hydrogen) atoms. The summed E-state index contributed by atoms with van der Waals surface area (Å²) in [5, 5.41) is 20.4. The van der Waals surface area contributed by atoms with E-state index in [4.69, 9.17) is 5.11 Å². The van der Waals surface area contributed by atoms with E-state index in [0.717, 1.165) is 0 Å². The summed E-state index contributed by atoms with van der Waals surface area (Å²) in [6.07, 6.45) is -0.110. The second kappa shape index (κ2) is 4.76. The lowest BCUT2D eigenvalue weighted by Crippen LogP contribution is -2.54. The van der Waals surface area contributed by atoms with Crippen molar-refractivity contribution in [2.24, 2.45) is 0 Å². The number of amides is 1. The van der Waals surface area contributed by atoms with Crippen molar-refractivity contribution < 1.29 is 19.8 Å². The van der Waals surface area contributed by atoms with Crippen molar-refractivity contribution in [3.8, 4) is 0 Å². The highest BCUT2D eigenvalue weighted by Gasteiger charge is 2.35. The molecular formula is C11H13NO4. The second-order valence-electron chi connectivity index (χ2n) is 3.34. The van der Waals surface area contributed by atoms with Gasteiger partial charge in [0, 0.05) is 12.0 Å². The second-order valence-corrected chi connectivity index (χ2v) is 3.34. The summed E-state index contributed by atoms with van der Waals surface area (Å²) >= 11 is 0. The summed E-state index contributed by atoms with van der Waals surface area (Å²) in [5.41, 5.74) is -1.91. The molecule has 0 radical (unpaired) electrons. The molecule has 3 N–H and O–H groups in total. The summed E-state index contributed by atoms with van der Waals surface area (Å²) in [4.78, 5) is 22.3. The zero-order valence-corrected chi connectivity index (χ0v) is 8.80. The molecule has 0 aliphatic heterocycles. The third-order valence-electron chi connectivity index (χ3n) is 2.22. The standard InChI is InChI=1S/C11H13NO4/c1-2-11(16,10(14)15)12-9(13)8-6-4-3-5-7-8/h3-7,16H,2H2,1H3,(H,12,13)(H,14,15). The van der Waals surface area contributed by atoms with Crippen molar-refractivity contribution in [2.45, 2.75) is 19.1 Å². The molecule has 5 heteroatoms. The van der Waals surface area contributed by atoms with Crippen molar-refractivity contribution in [3.63, 3.8) is 0 Å². The van der Waals surface area contributed by atoms with Gasteiger partial charge >= 0.3 is 5.97 Å². The van der Waals surface area contributed by atoms with Gasteiger partial charge in [0.05, 0.1) is 0 Å². The van der Waals surface area contributed by atoms with E-state index < -0.39 is 17.6 Å². The van der Waals surface area contributed by atoms with Gasteiger partial charge in [0.2, 0.25) is 5.72 Å². The van der Waals surface area contributed by atoms with Crippen LogP contribution in [0.25, 0.3) is 0 Å². The van der Waals surface area contributed by atoms with E-state index in [1.807, 2.05) is 0 Å². The summed E-state index contributed by atoms with van der Waals surface area (Å²) in [7, 11) is 0. The van der Waals surface area contributed by atoms with E-state index in [0.29, 0.717) is 5.56 Å². The normalized spacial score (nSPS) is 13.9. The SMILES string of the molecule is CCC(O)(NC(=O)c1ccccc1)C(=O)O. The number of carboxylic acid groups (broad SMARTS) is 1. The molecule has 1 aromatic rings. The van der Waals surface area contributed by atoms with Crippen molar-refractivity contribution in [1.82, 2.24) is 5.32 Å². The molecule has 0 aromatic heterocycles. The number of carboxylic acids is 1. The van der Waals surface area contributed by atoms with E-state index in [-0.39, 0.29) is 6.42 Å². The summed E-state index contributed by atoms with van der Waals surface area (Å²) < 4.78 is 0. The maximum Gasteiger partial charge on any atom is 0.357 e. The fraction of sp³-hybridized carbons (Fsp3) is 0.273. The Kier molecular flexibility index (Phi) is 3.63. The maximum atomic E-state index is 11.6. The van der Waals surface area contributed by atoms with Crippen LogP contribution in [0, 0.1) is 0 Å². The van der Waals surface area contributed by atoms with E-state index in [1.54, 1.807) is 18.2 Å². The molecule has 0 aliphatic carbocycles. The minimum atomic E-state index is -2.22. The van der Waals surface area contributed by atoms with Crippen LogP contribution in [0.1, 0.15) is 23.7 Å². The highest BCUT2D eigenvalue weighted by molar-refractivity contribution is 5.97. The lowest BCUT2D eigenvalue weighted by atomic mass is 10.1. The predicted octanol–water partition coefficient (Wildman–Crippen LogP) is 0.600. The number of carbonyl (C=O) groups excluding carboxylic acids is 1. The first-order chi connectivity index (χ1) is 7.49. The summed E-state index contributed by atoms with van der Waals surface area (Å²) in [6.45, 7) is 1.47. The Labute approximate surface area is 92.7 Å². The number of aliphatic carboxylic acids is 1. The first kappa shape index (κ1) is 12.2. The first-order valence-electron chi connectivity index (χ1n) is 4.83. The molecule has 1 aromatic carbocycles. The Bertz CT molecular complexity index is 390. The smallest absolute Gasteiger partial charge is 0.357 e. The van der Waals surface area contributed by atoms with Gasteiger partial charge in [-0.1, -0.05) is 25.1 Å².